The van der Waals surface area contributed by atoms with Crippen molar-refractivity contribution >= 4 is 23.1 Å². The molecule has 2 aromatic heterocycles. The van der Waals surface area contributed by atoms with Crippen LogP contribution in [0.5, 0.6) is 0 Å². The molecule has 0 radical (unpaired) electrons. The number of carbonyl (C=O) groups is 1. The molecular formula is C18H19F5N4O2S. The maximum atomic E-state index is 13.6. The normalized spacial score (nSPS) is 15.4. The van der Waals surface area contributed by atoms with Crippen LogP contribution in [-0.2, 0) is 4.74 Å². The third-order valence-electron chi connectivity index (χ3n) is 4.43. The van der Waals surface area contributed by atoms with E-state index in [0.29, 0.717) is 36.6 Å². The Labute approximate surface area is 172 Å². The first-order valence-corrected chi connectivity index (χ1v) is 9.91. The monoisotopic (exact) mass is 450 g/mol. The van der Waals surface area contributed by atoms with Crippen LogP contribution in [0, 0.1) is 6.92 Å². The smallest absolute Gasteiger partial charge is 0.381 e. The van der Waals surface area contributed by atoms with E-state index in [-0.39, 0.29) is 22.4 Å². The van der Waals surface area contributed by atoms with Gasteiger partial charge in [0.2, 0.25) is 0 Å². The lowest BCUT2D eigenvalue weighted by molar-refractivity contribution is -0.115. The summed E-state index contributed by atoms with van der Waals surface area (Å²) in [6, 6.07) is 0.836. The van der Waals surface area contributed by atoms with Crippen LogP contribution in [-0.4, -0.2) is 47.9 Å². The van der Waals surface area contributed by atoms with Crippen molar-refractivity contribution in [3.63, 3.8) is 0 Å². The van der Waals surface area contributed by atoms with Crippen molar-refractivity contribution in [2.24, 2.45) is 0 Å². The maximum Gasteiger partial charge on any atom is 0.405 e. The van der Waals surface area contributed by atoms with Crippen LogP contribution < -0.4 is 10.6 Å². The van der Waals surface area contributed by atoms with Crippen molar-refractivity contribution in [2.45, 2.75) is 38.4 Å². The predicted octanol–water partition coefficient (Wildman–Crippen LogP) is 4.33. The molecule has 3 rings (SSSR count). The number of carbonyl (C=O) groups excluding carboxylic acids is 1. The summed E-state index contributed by atoms with van der Waals surface area (Å²) < 4.78 is 69.5. The molecule has 0 bridgehead atoms. The average Bonchev–Trinajstić information content (AvgIpc) is 3.08. The fourth-order valence-electron chi connectivity index (χ4n) is 2.96. The molecule has 30 heavy (non-hydrogen) atoms. The minimum absolute atomic E-state index is 0.0303. The van der Waals surface area contributed by atoms with E-state index in [1.807, 2.05) is 5.32 Å². The van der Waals surface area contributed by atoms with Crippen molar-refractivity contribution in [2.75, 3.05) is 25.1 Å². The number of amides is 1. The molecule has 0 unspecified atom stereocenters. The minimum atomic E-state index is -4.51. The number of ether oxygens (including phenoxy) is 1. The molecule has 0 aliphatic carbocycles. The van der Waals surface area contributed by atoms with Crippen molar-refractivity contribution < 1.29 is 31.5 Å². The van der Waals surface area contributed by atoms with Crippen molar-refractivity contribution in [1.82, 2.24) is 15.3 Å². The van der Waals surface area contributed by atoms with Gasteiger partial charge in [0.25, 0.3) is 12.3 Å². The molecular weight excluding hydrogens is 431 g/mol. The van der Waals surface area contributed by atoms with Crippen molar-refractivity contribution in [3.05, 3.63) is 28.5 Å². The fourth-order valence-corrected chi connectivity index (χ4v) is 3.96. The van der Waals surface area contributed by atoms with Gasteiger partial charge in [-0.2, -0.15) is 13.2 Å². The Hall–Kier alpha value is -2.34. The van der Waals surface area contributed by atoms with Gasteiger partial charge < -0.3 is 15.4 Å². The Morgan fingerprint density at radius 1 is 1.33 bits per heavy atom. The van der Waals surface area contributed by atoms with Gasteiger partial charge in [0, 0.05) is 36.6 Å². The fraction of sp³-hybridized carbons (Fsp3) is 0.500. The number of pyridine rings is 1. The Balaban J connectivity index is 1.83. The number of nitrogens with one attached hydrogen (secondary N) is 2. The lowest BCUT2D eigenvalue weighted by atomic mass is 10.1. The van der Waals surface area contributed by atoms with Crippen LogP contribution in [0.3, 0.4) is 0 Å². The summed E-state index contributed by atoms with van der Waals surface area (Å²) in [5.41, 5.74) is -0.0997. The van der Waals surface area contributed by atoms with Crippen LogP contribution in [0.1, 0.15) is 40.3 Å². The second kappa shape index (κ2) is 9.21. The molecule has 0 saturated carbocycles. The Morgan fingerprint density at radius 3 is 2.67 bits per heavy atom. The Kier molecular flexibility index (Phi) is 6.86. The zero-order valence-corrected chi connectivity index (χ0v) is 16.7. The molecule has 0 spiro atoms. The molecule has 0 atom stereocenters. The molecule has 1 amide bonds. The predicted molar refractivity (Wildman–Crippen MR) is 101 cm³/mol. The lowest BCUT2D eigenvalue weighted by Crippen LogP contribution is -2.38. The van der Waals surface area contributed by atoms with E-state index in [9.17, 15) is 26.7 Å². The number of aryl methyl sites for hydroxylation is 1. The first-order valence-electron chi connectivity index (χ1n) is 9.09. The third-order valence-corrected chi connectivity index (χ3v) is 5.62. The molecule has 1 saturated heterocycles. The number of hydrogen-bond acceptors (Lipinski definition) is 6. The van der Waals surface area contributed by atoms with Gasteiger partial charge in [0.05, 0.1) is 10.6 Å². The number of hydrogen-bond donors (Lipinski definition) is 2. The number of aromatic nitrogens is 2. The molecule has 1 aliphatic rings. The second-order valence-electron chi connectivity index (χ2n) is 6.72. The quantitative estimate of drug-likeness (QED) is 0.641. The zero-order chi connectivity index (χ0) is 21.9. The number of thiazole rings is 1. The van der Waals surface area contributed by atoms with E-state index in [0.717, 1.165) is 23.6 Å². The number of halogens is 5. The molecule has 3 heterocycles. The maximum absolute atomic E-state index is 13.6. The second-order valence-corrected chi connectivity index (χ2v) is 7.72. The standard InChI is InChI=1S/C18H19F5N4O2S/c1-9-14(30-17(26-9)16(28)27-10-2-4-29-5-3-10)12-7-24-13(6-11(12)15(19)20)25-8-18(21,22)23/h6-7,10,15H,2-5,8H2,1H3,(H,24,25)(H,27,28). The van der Waals surface area contributed by atoms with Gasteiger partial charge in [-0.25, -0.2) is 18.7 Å². The first kappa shape index (κ1) is 22.3. The molecule has 12 heteroatoms. The summed E-state index contributed by atoms with van der Waals surface area (Å²) in [5.74, 6) is -0.720. The Morgan fingerprint density at radius 2 is 2.03 bits per heavy atom. The molecule has 2 aromatic rings. The highest BCUT2D eigenvalue weighted by Crippen LogP contribution is 2.37. The van der Waals surface area contributed by atoms with Crippen molar-refractivity contribution in [1.29, 1.82) is 0 Å². The largest absolute Gasteiger partial charge is 0.405 e. The van der Waals surface area contributed by atoms with Gasteiger partial charge in [-0.15, -0.1) is 11.3 Å². The molecule has 0 aromatic carbocycles. The summed E-state index contributed by atoms with van der Waals surface area (Å²) in [4.78, 5) is 20.8. The van der Waals surface area contributed by atoms with E-state index < -0.39 is 30.6 Å². The highest BCUT2D eigenvalue weighted by molar-refractivity contribution is 7.17. The molecule has 1 aliphatic heterocycles. The van der Waals surface area contributed by atoms with Crippen LogP contribution in [0.2, 0.25) is 0 Å². The average molecular weight is 450 g/mol. The van der Waals surface area contributed by atoms with Gasteiger partial charge in [-0.3, -0.25) is 4.79 Å². The number of nitrogens with zero attached hydrogens (tertiary/aromatic N) is 2. The first-order chi connectivity index (χ1) is 14.1. The van der Waals surface area contributed by atoms with Gasteiger partial charge >= 0.3 is 6.18 Å². The van der Waals surface area contributed by atoms with Crippen LogP contribution in [0.25, 0.3) is 10.4 Å². The SMILES string of the molecule is Cc1nc(C(=O)NC2CCOCC2)sc1-c1cnc(NCC(F)(F)F)cc1C(F)F. The summed E-state index contributed by atoms with van der Waals surface area (Å²) >= 11 is 0.936. The van der Waals surface area contributed by atoms with Gasteiger partial charge in [0.15, 0.2) is 5.01 Å². The summed E-state index contributed by atoms with van der Waals surface area (Å²) in [6.45, 7) is 1.27. The highest BCUT2D eigenvalue weighted by atomic mass is 32.1. The molecule has 2 N–H and O–H groups in total. The summed E-state index contributed by atoms with van der Waals surface area (Å²) in [7, 11) is 0. The van der Waals surface area contributed by atoms with Crippen molar-refractivity contribution in [3.8, 4) is 10.4 Å². The van der Waals surface area contributed by atoms with Crippen LogP contribution in [0.15, 0.2) is 12.3 Å². The molecule has 6 nitrogen and oxygen atoms in total. The van der Waals surface area contributed by atoms with Crippen LogP contribution >= 0.6 is 11.3 Å². The van der Waals surface area contributed by atoms with Gasteiger partial charge in [-0.1, -0.05) is 0 Å². The van der Waals surface area contributed by atoms with Gasteiger partial charge in [-0.05, 0) is 25.8 Å². The third kappa shape index (κ3) is 5.63. The van der Waals surface area contributed by atoms with E-state index in [1.165, 1.54) is 0 Å². The van der Waals surface area contributed by atoms with E-state index in [2.05, 4.69) is 15.3 Å². The molecule has 164 valence electrons. The van der Waals surface area contributed by atoms with E-state index >= 15 is 0 Å². The van der Waals surface area contributed by atoms with E-state index in [1.54, 1.807) is 6.92 Å². The summed E-state index contributed by atoms with van der Waals surface area (Å²) in [6.07, 6.45) is -5.04. The van der Waals surface area contributed by atoms with Crippen LogP contribution in [0.4, 0.5) is 27.8 Å². The molecule has 1 fully saturated rings. The summed E-state index contributed by atoms with van der Waals surface area (Å²) in [5, 5.41) is 4.96. The zero-order valence-electron chi connectivity index (χ0n) is 15.9. The lowest BCUT2D eigenvalue weighted by Gasteiger charge is -2.22. The topological polar surface area (TPSA) is 76.1 Å². The Bertz CT molecular complexity index is 897. The van der Waals surface area contributed by atoms with Gasteiger partial charge in [0.1, 0.15) is 12.4 Å². The number of alkyl halides is 5. The highest BCUT2D eigenvalue weighted by Gasteiger charge is 2.28. The van der Waals surface area contributed by atoms with E-state index in [4.69, 9.17) is 4.74 Å². The number of rotatable bonds is 6. The number of anilines is 1. The minimum Gasteiger partial charge on any atom is -0.381 e.